The minimum absolute atomic E-state index is 0.139. The van der Waals surface area contributed by atoms with Crippen LogP contribution in [0.1, 0.15) is 45.3 Å². The number of aliphatic carboxylic acids is 1. The maximum Gasteiger partial charge on any atom is 0.407 e. The van der Waals surface area contributed by atoms with E-state index in [1.165, 1.54) is 0 Å². The molecular weight excluding hydrogens is 346 g/mol. The van der Waals surface area contributed by atoms with E-state index in [0.717, 1.165) is 23.7 Å². The second-order valence-electron chi connectivity index (χ2n) is 8.03. The average molecular weight is 373 g/mol. The largest absolute Gasteiger partial charge is 0.480 e. The number of para-hydroxylation sites is 1. The Hall–Kier alpha value is -2.54. The Bertz CT molecular complexity index is 791. The molecule has 0 radical (unpaired) electrons. The van der Waals surface area contributed by atoms with Crippen LogP contribution in [0.15, 0.2) is 30.3 Å². The number of carbonyl (C=O) groups excluding carboxylic acids is 1. The van der Waals surface area contributed by atoms with Crippen LogP contribution in [0.5, 0.6) is 0 Å². The van der Waals surface area contributed by atoms with Crippen molar-refractivity contribution >= 4 is 23.0 Å². The SMILES string of the molecule is CC(C)(C)OC(=O)N[C@@H]1CCCN([C@H](C(=O)O)c2cc3ccccc3[nH]2)C1. The van der Waals surface area contributed by atoms with Gasteiger partial charge in [-0.3, -0.25) is 9.69 Å². The van der Waals surface area contributed by atoms with E-state index in [4.69, 9.17) is 4.74 Å². The van der Waals surface area contributed by atoms with Gasteiger partial charge in [0.05, 0.1) is 0 Å². The van der Waals surface area contributed by atoms with E-state index in [1.54, 1.807) is 0 Å². The number of aromatic amines is 1. The highest BCUT2D eigenvalue weighted by molar-refractivity contribution is 5.83. The van der Waals surface area contributed by atoms with Crippen molar-refractivity contribution in [1.29, 1.82) is 0 Å². The van der Waals surface area contributed by atoms with E-state index < -0.39 is 23.7 Å². The van der Waals surface area contributed by atoms with Crippen molar-refractivity contribution in [2.75, 3.05) is 13.1 Å². The lowest BCUT2D eigenvalue weighted by atomic mass is 10.0. The summed E-state index contributed by atoms with van der Waals surface area (Å²) in [4.78, 5) is 29.2. The summed E-state index contributed by atoms with van der Waals surface area (Å²) in [6.07, 6.45) is 1.14. The first-order valence-corrected chi connectivity index (χ1v) is 9.27. The van der Waals surface area contributed by atoms with Gasteiger partial charge in [-0.1, -0.05) is 18.2 Å². The highest BCUT2D eigenvalue weighted by atomic mass is 16.6. The van der Waals surface area contributed by atoms with Crippen molar-refractivity contribution in [2.45, 2.75) is 51.3 Å². The molecule has 0 spiro atoms. The van der Waals surface area contributed by atoms with Gasteiger partial charge in [0.15, 0.2) is 0 Å². The van der Waals surface area contributed by atoms with Crippen LogP contribution in [-0.2, 0) is 9.53 Å². The number of carboxylic acid groups (broad SMARTS) is 1. The lowest BCUT2D eigenvalue weighted by molar-refractivity contribution is -0.144. The molecule has 1 aliphatic heterocycles. The fourth-order valence-electron chi connectivity index (χ4n) is 3.56. The van der Waals surface area contributed by atoms with Crippen molar-refractivity contribution in [1.82, 2.24) is 15.2 Å². The summed E-state index contributed by atoms with van der Waals surface area (Å²) in [5, 5.41) is 13.7. The summed E-state index contributed by atoms with van der Waals surface area (Å²) in [7, 11) is 0. The standard InChI is InChI=1S/C20H27N3O4/c1-20(2,3)27-19(26)21-14-8-6-10-23(12-14)17(18(24)25)16-11-13-7-4-5-9-15(13)22-16/h4-5,7,9,11,14,17,22H,6,8,10,12H2,1-3H3,(H,21,26)(H,24,25)/t14-,17+/m1/s1. The Morgan fingerprint density at radius 3 is 2.74 bits per heavy atom. The van der Waals surface area contributed by atoms with Gasteiger partial charge >= 0.3 is 12.1 Å². The van der Waals surface area contributed by atoms with Crippen LogP contribution in [0.3, 0.4) is 0 Å². The molecule has 3 N–H and O–H groups in total. The molecule has 1 aromatic carbocycles. The summed E-state index contributed by atoms with van der Waals surface area (Å²) in [6, 6.07) is 8.70. The predicted molar refractivity (Wildman–Crippen MR) is 103 cm³/mol. The molecule has 2 atom stereocenters. The Labute approximate surface area is 158 Å². The number of nitrogens with zero attached hydrogens (tertiary/aromatic N) is 1. The molecular formula is C20H27N3O4. The predicted octanol–water partition coefficient (Wildman–Crippen LogP) is 3.28. The normalized spacial score (nSPS) is 19.6. The van der Waals surface area contributed by atoms with Crippen molar-refractivity contribution in [3.8, 4) is 0 Å². The fraction of sp³-hybridized carbons (Fsp3) is 0.500. The van der Waals surface area contributed by atoms with Gasteiger partial charge in [-0.15, -0.1) is 0 Å². The minimum atomic E-state index is -0.903. The molecule has 1 saturated heterocycles. The minimum Gasteiger partial charge on any atom is -0.480 e. The number of likely N-dealkylation sites (tertiary alicyclic amines) is 1. The number of carboxylic acids is 1. The van der Waals surface area contributed by atoms with E-state index in [9.17, 15) is 14.7 Å². The van der Waals surface area contributed by atoms with Crippen molar-refractivity contribution in [2.24, 2.45) is 0 Å². The Balaban J connectivity index is 1.74. The topological polar surface area (TPSA) is 94.7 Å². The molecule has 7 heteroatoms. The fourth-order valence-corrected chi connectivity index (χ4v) is 3.56. The molecule has 1 amide bonds. The number of hydrogen-bond donors (Lipinski definition) is 3. The van der Waals surface area contributed by atoms with E-state index in [0.29, 0.717) is 18.8 Å². The number of piperidine rings is 1. The van der Waals surface area contributed by atoms with Gasteiger partial charge in [0.2, 0.25) is 0 Å². The van der Waals surface area contributed by atoms with Gasteiger partial charge in [-0.25, -0.2) is 4.79 Å². The van der Waals surface area contributed by atoms with E-state index in [1.807, 2.05) is 56.0 Å². The summed E-state index contributed by atoms with van der Waals surface area (Å²) in [5.41, 5.74) is 1.01. The number of aromatic nitrogens is 1. The van der Waals surface area contributed by atoms with Crippen LogP contribution < -0.4 is 5.32 Å². The van der Waals surface area contributed by atoms with Gasteiger partial charge in [0.25, 0.3) is 0 Å². The summed E-state index contributed by atoms with van der Waals surface area (Å²) in [5.74, 6) is -0.903. The zero-order valence-corrected chi connectivity index (χ0v) is 16.0. The first-order valence-electron chi connectivity index (χ1n) is 9.27. The smallest absolute Gasteiger partial charge is 0.407 e. The Morgan fingerprint density at radius 2 is 2.07 bits per heavy atom. The maximum absolute atomic E-state index is 12.1. The van der Waals surface area contributed by atoms with Crippen molar-refractivity contribution in [3.05, 3.63) is 36.0 Å². The number of hydrogen-bond acceptors (Lipinski definition) is 4. The van der Waals surface area contributed by atoms with E-state index >= 15 is 0 Å². The van der Waals surface area contributed by atoms with Crippen LogP contribution in [-0.4, -0.2) is 51.8 Å². The first kappa shape index (κ1) is 19.2. The molecule has 0 unspecified atom stereocenters. The molecule has 2 aromatic rings. The number of benzene rings is 1. The van der Waals surface area contributed by atoms with Crippen LogP contribution in [0.4, 0.5) is 4.79 Å². The number of alkyl carbamates (subject to hydrolysis) is 1. The third-order valence-corrected chi connectivity index (χ3v) is 4.62. The van der Waals surface area contributed by atoms with Crippen molar-refractivity contribution in [3.63, 3.8) is 0 Å². The second kappa shape index (κ2) is 7.60. The highest BCUT2D eigenvalue weighted by Gasteiger charge is 2.33. The summed E-state index contributed by atoms with van der Waals surface area (Å²) < 4.78 is 5.32. The lowest BCUT2D eigenvalue weighted by Gasteiger charge is -2.36. The number of rotatable bonds is 4. The quantitative estimate of drug-likeness (QED) is 0.764. The third kappa shape index (κ3) is 4.80. The molecule has 2 heterocycles. The number of ether oxygens (including phenoxy) is 1. The molecule has 0 saturated carbocycles. The molecule has 0 bridgehead atoms. The second-order valence-corrected chi connectivity index (χ2v) is 8.03. The van der Waals surface area contributed by atoms with Gasteiger partial charge in [-0.2, -0.15) is 0 Å². The Kier molecular flexibility index (Phi) is 5.41. The summed E-state index contributed by atoms with van der Waals surface area (Å²) >= 11 is 0. The number of amides is 1. The number of H-pyrrole nitrogens is 1. The summed E-state index contributed by atoms with van der Waals surface area (Å²) in [6.45, 7) is 6.58. The van der Waals surface area contributed by atoms with Crippen molar-refractivity contribution < 1.29 is 19.4 Å². The number of fused-ring (bicyclic) bond motifs is 1. The molecule has 27 heavy (non-hydrogen) atoms. The molecule has 3 rings (SSSR count). The van der Waals surface area contributed by atoms with Gasteiger partial charge < -0.3 is 20.1 Å². The average Bonchev–Trinajstić information content (AvgIpc) is 2.96. The van der Waals surface area contributed by atoms with Gasteiger partial charge in [-0.05, 0) is 57.7 Å². The molecule has 7 nitrogen and oxygen atoms in total. The van der Waals surface area contributed by atoms with E-state index in [-0.39, 0.29) is 6.04 Å². The first-order chi connectivity index (χ1) is 12.7. The van der Waals surface area contributed by atoms with Crippen LogP contribution in [0.25, 0.3) is 10.9 Å². The highest BCUT2D eigenvalue weighted by Crippen LogP contribution is 2.27. The Morgan fingerprint density at radius 1 is 1.33 bits per heavy atom. The van der Waals surface area contributed by atoms with Crippen LogP contribution in [0, 0.1) is 0 Å². The molecule has 0 aliphatic carbocycles. The molecule has 1 fully saturated rings. The van der Waals surface area contributed by atoms with Crippen LogP contribution >= 0.6 is 0 Å². The van der Waals surface area contributed by atoms with Gasteiger partial charge in [0, 0.05) is 23.8 Å². The zero-order valence-electron chi connectivity index (χ0n) is 16.0. The van der Waals surface area contributed by atoms with Crippen LogP contribution in [0.2, 0.25) is 0 Å². The van der Waals surface area contributed by atoms with E-state index in [2.05, 4.69) is 10.3 Å². The molecule has 1 aromatic heterocycles. The number of carbonyl (C=O) groups is 2. The number of nitrogens with one attached hydrogen (secondary N) is 2. The maximum atomic E-state index is 12.1. The van der Waals surface area contributed by atoms with Gasteiger partial charge in [0.1, 0.15) is 11.6 Å². The molecule has 146 valence electrons. The monoisotopic (exact) mass is 373 g/mol. The lowest BCUT2D eigenvalue weighted by Crippen LogP contribution is -2.50. The zero-order chi connectivity index (χ0) is 19.6. The third-order valence-electron chi connectivity index (χ3n) is 4.62. The molecule has 1 aliphatic rings.